The van der Waals surface area contributed by atoms with Gasteiger partial charge in [0.1, 0.15) is 0 Å². The molecular weight excluding hydrogens is 172 g/mol. The summed E-state index contributed by atoms with van der Waals surface area (Å²) in [6.45, 7) is 2.05. The van der Waals surface area contributed by atoms with Crippen LogP contribution in [-0.4, -0.2) is 11.2 Å². The van der Waals surface area contributed by atoms with Crippen molar-refractivity contribution < 1.29 is 5.11 Å². The average Bonchev–Trinajstić information content (AvgIpc) is 2.18. The molecule has 1 N–H and O–H groups in total. The van der Waals surface area contributed by atoms with Gasteiger partial charge in [-0.2, -0.15) is 0 Å². The third-order valence-electron chi connectivity index (χ3n) is 2.21. The molecule has 1 aromatic rings. The van der Waals surface area contributed by atoms with E-state index in [1.807, 2.05) is 0 Å². The third-order valence-corrected chi connectivity index (χ3v) is 2.21. The predicted octanol–water partition coefficient (Wildman–Crippen LogP) is 2.31. The second kappa shape index (κ2) is 5.47. The van der Waals surface area contributed by atoms with Gasteiger partial charge in [0.15, 0.2) is 0 Å². The molecule has 1 rings (SSSR count). The summed E-state index contributed by atoms with van der Waals surface area (Å²) >= 11 is 0. The lowest BCUT2D eigenvalue weighted by Crippen LogP contribution is -2.09. The Labute approximate surface area is 85.8 Å². The standard InChI is InChI=1S/C13H16O/c1-3-4-5-13(14)10-12-8-6-11(2)7-9-12/h1,6-9,13-14H,4-5,10H2,2H3. The summed E-state index contributed by atoms with van der Waals surface area (Å²) in [7, 11) is 0. The molecule has 14 heavy (non-hydrogen) atoms. The number of aliphatic hydroxyl groups excluding tert-OH is 1. The lowest BCUT2D eigenvalue weighted by Gasteiger charge is -2.08. The van der Waals surface area contributed by atoms with E-state index in [1.165, 1.54) is 11.1 Å². The Bertz CT molecular complexity index is 305. The van der Waals surface area contributed by atoms with Gasteiger partial charge >= 0.3 is 0 Å². The van der Waals surface area contributed by atoms with E-state index in [0.29, 0.717) is 19.3 Å². The van der Waals surface area contributed by atoms with Crippen molar-refractivity contribution in [3.63, 3.8) is 0 Å². The van der Waals surface area contributed by atoms with Crippen molar-refractivity contribution in [3.8, 4) is 12.3 Å². The fourth-order valence-electron chi connectivity index (χ4n) is 1.35. The number of hydrogen-bond acceptors (Lipinski definition) is 1. The molecule has 0 amide bonds. The van der Waals surface area contributed by atoms with E-state index >= 15 is 0 Å². The van der Waals surface area contributed by atoms with Crippen molar-refractivity contribution in [1.82, 2.24) is 0 Å². The number of aliphatic hydroxyl groups is 1. The van der Waals surface area contributed by atoms with E-state index in [4.69, 9.17) is 6.42 Å². The molecule has 1 heteroatoms. The van der Waals surface area contributed by atoms with Crippen LogP contribution in [0.3, 0.4) is 0 Å². The molecule has 74 valence electrons. The van der Waals surface area contributed by atoms with Crippen molar-refractivity contribution in [3.05, 3.63) is 35.4 Å². The van der Waals surface area contributed by atoms with Crippen molar-refractivity contribution in [2.24, 2.45) is 0 Å². The zero-order chi connectivity index (χ0) is 10.4. The fourth-order valence-corrected chi connectivity index (χ4v) is 1.35. The van der Waals surface area contributed by atoms with Crippen LogP contribution in [0.5, 0.6) is 0 Å². The quantitative estimate of drug-likeness (QED) is 0.719. The van der Waals surface area contributed by atoms with Gasteiger partial charge < -0.3 is 5.11 Å². The molecular formula is C13H16O. The maximum Gasteiger partial charge on any atom is 0.0589 e. The molecule has 0 saturated heterocycles. The van der Waals surface area contributed by atoms with Crippen LogP contribution < -0.4 is 0 Å². The summed E-state index contributed by atoms with van der Waals surface area (Å²) in [5, 5.41) is 9.61. The minimum absolute atomic E-state index is 0.311. The van der Waals surface area contributed by atoms with Gasteiger partial charge in [-0.25, -0.2) is 0 Å². The summed E-state index contributed by atoms with van der Waals surface area (Å²) in [6, 6.07) is 8.22. The van der Waals surface area contributed by atoms with E-state index < -0.39 is 0 Å². The van der Waals surface area contributed by atoms with Crippen molar-refractivity contribution >= 4 is 0 Å². The summed E-state index contributed by atoms with van der Waals surface area (Å²) in [4.78, 5) is 0. The molecule has 1 aromatic carbocycles. The Kier molecular flexibility index (Phi) is 4.22. The highest BCUT2D eigenvalue weighted by Gasteiger charge is 2.03. The van der Waals surface area contributed by atoms with Gasteiger partial charge in [0.25, 0.3) is 0 Å². The van der Waals surface area contributed by atoms with Gasteiger partial charge in [-0.15, -0.1) is 12.3 Å². The molecule has 1 unspecified atom stereocenters. The SMILES string of the molecule is C#CCCC(O)Cc1ccc(C)cc1. The smallest absolute Gasteiger partial charge is 0.0589 e. The first-order chi connectivity index (χ1) is 6.72. The summed E-state index contributed by atoms with van der Waals surface area (Å²) in [6.07, 6.45) is 6.84. The normalized spacial score (nSPS) is 12.1. The molecule has 0 aromatic heterocycles. The zero-order valence-electron chi connectivity index (χ0n) is 8.53. The molecule has 0 heterocycles. The van der Waals surface area contributed by atoms with Crippen LogP contribution in [0.2, 0.25) is 0 Å². The first kappa shape index (κ1) is 10.8. The number of terminal acetylenes is 1. The molecule has 1 nitrogen and oxygen atoms in total. The minimum Gasteiger partial charge on any atom is -0.393 e. The Morgan fingerprint density at radius 3 is 2.57 bits per heavy atom. The van der Waals surface area contributed by atoms with Gasteiger partial charge in [0.05, 0.1) is 6.10 Å². The average molecular weight is 188 g/mol. The summed E-state index contributed by atoms with van der Waals surface area (Å²) in [5.74, 6) is 2.53. The Hall–Kier alpha value is -1.26. The first-order valence-electron chi connectivity index (χ1n) is 4.89. The Balaban J connectivity index is 2.44. The Morgan fingerprint density at radius 2 is 2.00 bits per heavy atom. The maximum atomic E-state index is 9.61. The summed E-state index contributed by atoms with van der Waals surface area (Å²) < 4.78 is 0. The van der Waals surface area contributed by atoms with Gasteiger partial charge in [-0.3, -0.25) is 0 Å². The number of rotatable bonds is 4. The molecule has 0 saturated carbocycles. The van der Waals surface area contributed by atoms with Crippen LogP contribution in [0.15, 0.2) is 24.3 Å². The molecule has 1 atom stereocenters. The number of hydrogen-bond donors (Lipinski definition) is 1. The van der Waals surface area contributed by atoms with E-state index in [0.717, 1.165) is 0 Å². The van der Waals surface area contributed by atoms with Gasteiger partial charge in [-0.1, -0.05) is 29.8 Å². The van der Waals surface area contributed by atoms with Gasteiger partial charge in [0, 0.05) is 6.42 Å². The second-order valence-corrected chi connectivity index (χ2v) is 3.59. The highest BCUT2D eigenvalue weighted by atomic mass is 16.3. The molecule has 0 aliphatic rings. The second-order valence-electron chi connectivity index (χ2n) is 3.59. The molecule has 0 spiro atoms. The predicted molar refractivity (Wildman–Crippen MR) is 59.0 cm³/mol. The lowest BCUT2D eigenvalue weighted by atomic mass is 10.0. The van der Waals surface area contributed by atoms with Gasteiger partial charge in [-0.05, 0) is 25.3 Å². The van der Waals surface area contributed by atoms with Crippen LogP contribution in [-0.2, 0) is 6.42 Å². The number of benzene rings is 1. The molecule has 0 aliphatic heterocycles. The van der Waals surface area contributed by atoms with Crippen molar-refractivity contribution in [1.29, 1.82) is 0 Å². The zero-order valence-corrected chi connectivity index (χ0v) is 8.53. The fraction of sp³-hybridized carbons (Fsp3) is 0.385. The summed E-state index contributed by atoms with van der Waals surface area (Å²) in [5.41, 5.74) is 2.41. The lowest BCUT2D eigenvalue weighted by molar-refractivity contribution is 0.167. The highest BCUT2D eigenvalue weighted by Crippen LogP contribution is 2.08. The van der Waals surface area contributed by atoms with Crippen molar-refractivity contribution in [2.45, 2.75) is 32.3 Å². The van der Waals surface area contributed by atoms with Crippen LogP contribution in [0.4, 0.5) is 0 Å². The first-order valence-corrected chi connectivity index (χ1v) is 4.89. The maximum absolute atomic E-state index is 9.61. The van der Waals surface area contributed by atoms with Crippen LogP contribution >= 0.6 is 0 Å². The topological polar surface area (TPSA) is 20.2 Å². The van der Waals surface area contributed by atoms with Crippen LogP contribution in [0.25, 0.3) is 0 Å². The molecule has 0 bridgehead atoms. The van der Waals surface area contributed by atoms with Crippen LogP contribution in [0, 0.1) is 19.3 Å². The van der Waals surface area contributed by atoms with Gasteiger partial charge in [0.2, 0.25) is 0 Å². The number of aryl methyl sites for hydroxylation is 1. The minimum atomic E-state index is -0.311. The monoisotopic (exact) mass is 188 g/mol. The molecule has 0 aliphatic carbocycles. The Morgan fingerprint density at radius 1 is 1.36 bits per heavy atom. The largest absolute Gasteiger partial charge is 0.393 e. The van der Waals surface area contributed by atoms with Crippen LogP contribution in [0.1, 0.15) is 24.0 Å². The van der Waals surface area contributed by atoms with E-state index in [9.17, 15) is 5.11 Å². The van der Waals surface area contributed by atoms with E-state index in [2.05, 4.69) is 37.1 Å². The van der Waals surface area contributed by atoms with E-state index in [-0.39, 0.29) is 6.10 Å². The highest BCUT2D eigenvalue weighted by molar-refractivity contribution is 5.21. The molecule has 0 radical (unpaired) electrons. The van der Waals surface area contributed by atoms with E-state index in [1.54, 1.807) is 0 Å². The van der Waals surface area contributed by atoms with Crippen molar-refractivity contribution in [2.75, 3.05) is 0 Å². The molecule has 0 fully saturated rings. The third kappa shape index (κ3) is 3.64.